The largest absolute Gasteiger partial charge is 0.327 e. The molecular formula is C21H21N4OS+. The van der Waals surface area contributed by atoms with E-state index in [0.29, 0.717) is 18.0 Å². The van der Waals surface area contributed by atoms with Crippen LogP contribution in [-0.4, -0.2) is 30.5 Å². The molecular weight excluding hydrogens is 356 g/mol. The van der Waals surface area contributed by atoms with Crippen molar-refractivity contribution in [1.82, 2.24) is 4.98 Å². The summed E-state index contributed by atoms with van der Waals surface area (Å²) < 4.78 is 1.23. The normalized spacial score (nSPS) is 19.5. The van der Waals surface area contributed by atoms with E-state index in [0.717, 1.165) is 37.1 Å². The summed E-state index contributed by atoms with van der Waals surface area (Å²) in [5.41, 5.74) is 2.40. The molecule has 136 valence electrons. The van der Waals surface area contributed by atoms with Crippen molar-refractivity contribution in [3.63, 3.8) is 0 Å². The van der Waals surface area contributed by atoms with E-state index in [1.807, 2.05) is 6.07 Å². The van der Waals surface area contributed by atoms with E-state index in [1.165, 1.54) is 14.6 Å². The number of amides is 1. The van der Waals surface area contributed by atoms with E-state index in [2.05, 4.69) is 29.6 Å². The number of thiazole rings is 1. The van der Waals surface area contributed by atoms with Gasteiger partial charge in [-0.15, -0.1) is 11.3 Å². The van der Waals surface area contributed by atoms with Gasteiger partial charge in [0.15, 0.2) is 6.54 Å². The van der Waals surface area contributed by atoms with E-state index < -0.39 is 0 Å². The Morgan fingerprint density at radius 1 is 1.26 bits per heavy atom. The molecule has 1 amide bonds. The molecule has 6 heteroatoms. The van der Waals surface area contributed by atoms with Gasteiger partial charge in [0.25, 0.3) is 5.91 Å². The zero-order valence-electron chi connectivity index (χ0n) is 14.9. The summed E-state index contributed by atoms with van der Waals surface area (Å²) in [6, 6.07) is 17.3. The second-order valence-corrected chi connectivity index (χ2v) is 8.04. The molecule has 3 aromatic rings. The molecule has 2 N–H and O–H groups in total. The van der Waals surface area contributed by atoms with Gasteiger partial charge in [-0.1, -0.05) is 12.1 Å². The highest BCUT2D eigenvalue weighted by atomic mass is 32.1. The number of aromatic nitrogens is 1. The van der Waals surface area contributed by atoms with E-state index in [1.54, 1.807) is 35.6 Å². The third kappa shape index (κ3) is 4.16. The van der Waals surface area contributed by atoms with Crippen molar-refractivity contribution in [3.05, 3.63) is 59.1 Å². The summed E-state index contributed by atoms with van der Waals surface area (Å²) in [6.45, 7) is 2.42. The Bertz CT molecular complexity index is 956. The lowest BCUT2D eigenvalue weighted by molar-refractivity contribution is -0.898. The lowest BCUT2D eigenvalue weighted by atomic mass is 9.99. The van der Waals surface area contributed by atoms with E-state index in [-0.39, 0.29) is 5.91 Å². The maximum atomic E-state index is 12.4. The van der Waals surface area contributed by atoms with Crippen LogP contribution in [0.4, 0.5) is 5.69 Å². The van der Waals surface area contributed by atoms with Gasteiger partial charge in [-0.3, -0.25) is 4.79 Å². The molecule has 0 aliphatic carbocycles. The average molecular weight is 377 g/mol. The van der Waals surface area contributed by atoms with Gasteiger partial charge in [-0.2, -0.15) is 5.26 Å². The highest BCUT2D eigenvalue weighted by Crippen LogP contribution is 2.30. The Morgan fingerprint density at radius 3 is 2.85 bits per heavy atom. The van der Waals surface area contributed by atoms with Crippen LogP contribution in [0.15, 0.2) is 48.5 Å². The minimum absolute atomic E-state index is 0.0136. The number of benzene rings is 2. The van der Waals surface area contributed by atoms with Gasteiger partial charge in [-0.25, -0.2) is 4.98 Å². The molecule has 5 nitrogen and oxygen atoms in total. The first-order chi connectivity index (χ1) is 13.2. The van der Waals surface area contributed by atoms with Crippen molar-refractivity contribution in [2.45, 2.75) is 18.8 Å². The average Bonchev–Trinajstić information content (AvgIpc) is 3.13. The lowest BCUT2D eigenvalue weighted by Gasteiger charge is -2.28. The van der Waals surface area contributed by atoms with Gasteiger partial charge in [0.1, 0.15) is 5.01 Å². The molecule has 27 heavy (non-hydrogen) atoms. The molecule has 1 aliphatic heterocycles. The van der Waals surface area contributed by atoms with Crippen molar-refractivity contribution < 1.29 is 9.69 Å². The number of para-hydroxylation sites is 1. The summed E-state index contributed by atoms with van der Waals surface area (Å²) in [7, 11) is 0. The van der Waals surface area contributed by atoms with Crippen LogP contribution >= 0.6 is 11.3 Å². The smallest absolute Gasteiger partial charge is 0.279 e. The van der Waals surface area contributed by atoms with Crippen molar-refractivity contribution in [2.24, 2.45) is 0 Å². The Hall–Kier alpha value is -2.75. The topological polar surface area (TPSA) is 70.2 Å². The number of nitrogens with one attached hydrogen (secondary N) is 2. The van der Waals surface area contributed by atoms with Gasteiger partial charge in [-0.05, 0) is 49.2 Å². The lowest BCUT2D eigenvalue weighted by Crippen LogP contribution is -3.14. The molecule has 0 bridgehead atoms. The molecule has 1 unspecified atom stereocenters. The quantitative estimate of drug-likeness (QED) is 0.734. The van der Waals surface area contributed by atoms with Gasteiger partial charge < -0.3 is 10.2 Å². The maximum absolute atomic E-state index is 12.4. The number of fused-ring (bicyclic) bond motifs is 1. The molecule has 1 aromatic heterocycles. The third-order valence-electron chi connectivity index (χ3n) is 4.99. The first-order valence-corrected chi connectivity index (χ1v) is 10.0. The molecule has 1 saturated heterocycles. The highest BCUT2D eigenvalue weighted by Gasteiger charge is 2.28. The molecule has 0 spiro atoms. The standard InChI is InChI=1S/C21H20N4OS/c22-12-15-7-9-17(10-8-15)23-20(26)14-25-11-3-4-16(13-25)21-24-18-5-1-2-6-19(18)27-21/h1-2,5-10,16H,3-4,11,13-14H2,(H,23,26)/p+1/t16-/m0/s1. The molecule has 1 fully saturated rings. The fourth-order valence-electron chi connectivity index (χ4n) is 3.65. The van der Waals surface area contributed by atoms with Crippen LogP contribution in [0.5, 0.6) is 0 Å². The SMILES string of the molecule is N#Cc1ccc(NC(=O)C[NH+]2CCC[C@H](c3nc4ccccc4s3)C2)cc1. The number of quaternary nitrogens is 1. The molecule has 2 atom stereocenters. The predicted octanol–water partition coefficient (Wildman–Crippen LogP) is 2.57. The summed E-state index contributed by atoms with van der Waals surface area (Å²) in [6.07, 6.45) is 2.25. The highest BCUT2D eigenvalue weighted by molar-refractivity contribution is 7.18. The Labute approximate surface area is 162 Å². The fraction of sp³-hybridized carbons (Fsp3) is 0.286. The first-order valence-electron chi connectivity index (χ1n) is 9.20. The maximum Gasteiger partial charge on any atom is 0.279 e. The monoisotopic (exact) mass is 377 g/mol. The number of hydrogen-bond donors (Lipinski definition) is 2. The number of nitrogens with zero attached hydrogens (tertiary/aromatic N) is 2. The second-order valence-electron chi connectivity index (χ2n) is 6.98. The van der Waals surface area contributed by atoms with Crippen LogP contribution in [0.2, 0.25) is 0 Å². The molecule has 2 heterocycles. The molecule has 1 aliphatic rings. The second kappa shape index (κ2) is 7.87. The summed E-state index contributed by atoms with van der Waals surface area (Å²) in [4.78, 5) is 18.5. The molecule has 4 rings (SSSR count). The third-order valence-corrected chi connectivity index (χ3v) is 6.18. The zero-order valence-corrected chi connectivity index (χ0v) is 15.8. The number of rotatable bonds is 4. The number of carbonyl (C=O) groups excluding carboxylic acids is 1. The van der Waals surface area contributed by atoms with Crippen LogP contribution in [-0.2, 0) is 4.79 Å². The summed E-state index contributed by atoms with van der Waals surface area (Å²) in [5, 5.41) is 13.0. The van der Waals surface area contributed by atoms with Crippen molar-refractivity contribution in [2.75, 3.05) is 25.0 Å². The minimum atomic E-state index is 0.0136. The van der Waals surface area contributed by atoms with Gasteiger partial charge in [0.05, 0.1) is 40.9 Å². The number of likely N-dealkylation sites (tertiary alicyclic amines) is 1. The van der Waals surface area contributed by atoms with Crippen LogP contribution in [0.1, 0.15) is 29.3 Å². The Morgan fingerprint density at radius 2 is 2.07 bits per heavy atom. The van der Waals surface area contributed by atoms with Crippen LogP contribution in [0.25, 0.3) is 10.2 Å². The first kappa shape index (κ1) is 17.7. The van der Waals surface area contributed by atoms with Crippen LogP contribution in [0.3, 0.4) is 0 Å². The van der Waals surface area contributed by atoms with Crippen LogP contribution in [0, 0.1) is 11.3 Å². The van der Waals surface area contributed by atoms with Crippen molar-refractivity contribution in [3.8, 4) is 6.07 Å². The zero-order chi connectivity index (χ0) is 18.6. The predicted molar refractivity (Wildman–Crippen MR) is 107 cm³/mol. The number of carbonyl (C=O) groups is 1. The number of anilines is 1. The number of hydrogen-bond acceptors (Lipinski definition) is 4. The van der Waals surface area contributed by atoms with Gasteiger partial charge >= 0.3 is 0 Å². The minimum Gasteiger partial charge on any atom is -0.327 e. The summed E-state index contributed by atoms with van der Waals surface area (Å²) in [5.74, 6) is 0.438. The fourth-order valence-corrected chi connectivity index (χ4v) is 4.75. The van der Waals surface area contributed by atoms with Gasteiger partial charge in [0.2, 0.25) is 0 Å². The van der Waals surface area contributed by atoms with E-state index in [4.69, 9.17) is 10.2 Å². The van der Waals surface area contributed by atoms with Gasteiger partial charge in [0, 0.05) is 5.69 Å². The van der Waals surface area contributed by atoms with Crippen molar-refractivity contribution in [1.29, 1.82) is 5.26 Å². The molecule has 0 radical (unpaired) electrons. The van der Waals surface area contributed by atoms with Crippen LogP contribution < -0.4 is 10.2 Å². The Kier molecular flexibility index (Phi) is 5.14. The number of piperidine rings is 1. The van der Waals surface area contributed by atoms with E-state index >= 15 is 0 Å². The molecule has 0 saturated carbocycles. The molecule has 2 aromatic carbocycles. The van der Waals surface area contributed by atoms with E-state index in [9.17, 15) is 4.79 Å². The Balaban J connectivity index is 1.37. The van der Waals surface area contributed by atoms with Crippen molar-refractivity contribution >= 4 is 33.1 Å². The number of nitriles is 1. The summed E-state index contributed by atoms with van der Waals surface area (Å²) >= 11 is 1.78.